The van der Waals surface area contributed by atoms with Crippen LogP contribution in [0.4, 0.5) is 13.2 Å². The second-order valence-corrected chi connectivity index (χ2v) is 11.5. The number of phenolic OH excluding ortho intramolecular Hbond substituents is 1. The van der Waals surface area contributed by atoms with Gasteiger partial charge in [-0.25, -0.2) is 0 Å². The summed E-state index contributed by atoms with van der Waals surface area (Å²) in [5.74, 6) is 1.41. The molecule has 0 amide bonds. The van der Waals surface area contributed by atoms with Crippen LogP contribution in [0, 0.1) is 17.3 Å². The number of alkyl halides is 3. The first-order valence-corrected chi connectivity index (χ1v) is 13.0. The van der Waals surface area contributed by atoms with E-state index >= 15 is 0 Å². The summed E-state index contributed by atoms with van der Waals surface area (Å²) in [6.07, 6.45) is 4.06. The number of aliphatic hydroxyl groups is 1. The van der Waals surface area contributed by atoms with E-state index < -0.39 is 5.51 Å². The first kappa shape index (κ1) is 25.3. The van der Waals surface area contributed by atoms with E-state index in [1.165, 1.54) is 19.2 Å². The Bertz CT molecular complexity index is 1150. The van der Waals surface area contributed by atoms with Gasteiger partial charge in [-0.2, -0.15) is 13.2 Å². The minimum absolute atomic E-state index is 0.0390. The van der Waals surface area contributed by atoms with Crippen LogP contribution in [0.3, 0.4) is 0 Å². The lowest BCUT2D eigenvalue weighted by Gasteiger charge is -2.50. The van der Waals surface area contributed by atoms with Gasteiger partial charge in [0.1, 0.15) is 6.61 Å². The molecule has 5 rings (SSSR count). The smallest absolute Gasteiger partial charge is 0.446 e. The van der Waals surface area contributed by atoms with Gasteiger partial charge in [-0.1, -0.05) is 24.2 Å². The number of fused-ring (bicyclic) bond motifs is 5. The van der Waals surface area contributed by atoms with Gasteiger partial charge in [-0.05, 0) is 102 Å². The molecule has 2 N–H and O–H groups in total. The number of hydrogen-bond donors (Lipinski definition) is 2. The second-order valence-electron chi connectivity index (χ2n) is 10.3. The highest BCUT2D eigenvalue weighted by molar-refractivity contribution is 8.00. The fourth-order valence-electron chi connectivity index (χ4n) is 6.63. The largest absolute Gasteiger partial charge is 0.504 e. The van der Waals surface area contributed by atoms with E-state index in [4.69, 9.17) is 9.57 Å². The minimum Gasteiger partial charge on any atom is -0.504 e. The zero-order valence-electron chi connectivity index (χ0n) is 20.2. The molecule has 0 bridgehead atoms. The third kappa shape index (κ3) is 4.67. The van der Waals surface area contributed by atoms with E-state index in [0.29, 0.717) is 29.6 Å². The lowest BCUT2D eigenvalue weighted by atomic mass is 9.55. The first-order valence-electron chi connectivity index (χ1n) is 12.2. The van der Waals surface area contributed by atoms with Crippen molar-refractivity contribution in [3.8, 4) is 11.5 Å². The molecule has 194 valence electrons. The standard InChI is InChI=1S/C27H30F3NO4S/c1-26-10-9-17-18-13-24(34-2)23(32)12-20(18)22(11-19(17)21(26)7-8-25(26)33)31-35-14-15-3-5-16(6-4-15)36-27(28,29)30/h3-6,12-13,17,19,21,25,32-33H,7-11,14H2,1-2H3/t17-,19-,21+,25-,26+/m1/s1. The molecule has 36 heavy (non-hydrogen) atoms. The monoisotopic (exact) mass is 521 g/mol. The van der Waals surface area contributed by atoms with E-state index in [1.807, 2.05) is 6.07 Å². The Morgan fingerprint density at radius 1 is 1.14 bits per heavy atom. The number of oxime groups is 1. The Balaban J connectivity index is 1.40. The Morgan fingerprint density at radius 3 is 2.58 bits per heavy atom. The van der Waals surface area contributed by atoms with E-state index in [1.54, 1.807) is 18.2 Å². The van der Waals surface area contributed by atoms with Gasteiger partial charge in [0.25, 0.3) is 0 Å². The molecule has 2 aromatic carbocycles. The van der Waals surface area contributed by atoms with Crippen LogP contribution in [0.5, 0.6) is 11.5 Å². The summed E-state index contributed by atoms with van der Waals surface area (Å²) in [5, 5.41) is 25.7. The number of ether oxygens (including phenoxy) is 1. The van der Waals surface area contributed by atoms with Crippen molar-refractivity contribution < 1.29 is 33.0 Å². The zero-order valence-corrected chi connectivity index (χ0v) is 21.0. The molecule has 0 radical (unpaired) electrons. The number of aromatic hydroxyl groups is 1. The van der Waals surface area contributed by atoms with Crippen molar-refractivity contribution in [3.05, 3.63) is 53.1 Å². The SMILES string of the molecule is COc1cc2c(cc1O)C(=NOCc1ccc(SC(F)(F)F)cc1)C[C@@H]1[C@@H]2CC[C@]2(C)[C@H](O)CC[C@@H]12. The van der Waals surface area contributed by atoms with Gasteiger partial charge in [0.05, 0.1) is 18.9 Å². The summed E-state index contributed by atoms with van der Waals surface area (Å²) in [6.45, 7) is 2.32. The van der Waals surface area contributed by atoms with Crippen molar-refractivity contribution in [2.24, 2.45) is 22.4 Å². The number of hydrogen-bond acceptors (Lipinski definition) is 6. The van der Waals surface area contributed by atoms with Crippen molar-refractivity contribution >= 4 is 17.5 Å². The summed E-state index contributed by atoms with van der Waals surface area (Å²) in [5.41, 5.74) is -1.06. The topological polar surface area (TPSA) is 71.3 Å². The van der Waals surface area contributed by atoms with E-state index in [-0.39, 0.29) is 46.5 Å². The van der Waals surface area contributed by atoms with Crippen LogP contribution in [0.2, 0.25) is 0 Å². The van der Waals surface area contributed by atoms with Gasteiger partial charge in [0, 0.05) is 10.5 Å². The van der Waals surface area contributed by atoms with Crippen LogP contribution < -0.4 is 4.74 Å². The maximum Gasteiger partial charge on any atom is 0.446 e. The second kappa shape index (κ2) is 9.49. The van der Waals surface area contributed by atoms with Crippen molar-refractivity contribution in [3.63, 3.8) is 0 Å². The molecule has 2 fully saturated rings. The van der Waals surface area contributed by atoms with Crippen molar-refractivity contribution in [1.29, 1.82) is 0 Å². The van der Waals surface area contributed by atoms with E-state index in [0.717, 1.165) is 42.5 Å². The molecule has 0 aromatic heterocycles. The highest BCUT2D eigenvalue weighted by Gasteiger charge is 2.55. The Hall–Kier alpha value is -2.39. The lowest BCUT2D eigenvalue weighted by Crippen LogP contribution is -2.45. The molecule has 0 aliphatic heterocycles. The number of aliphatic hydroxyl groups excluding tert-OH is 1. The van der Waals surface area contributed by atoms with E-state index in [9.17, 15) is 23.4 Å². The molecular formula is C27H30F3NO4S. The Labute approximate surface area is 212 Å². The normalized spacial score (nSPS) is 30.4. The van der Waals surface area contributed by atoms with Crippen molar-refractivity contribution in [1.82, 2.24) is 0 Å². The van der Waals surface area contributed by atoms with Gasteiger partial charge in [-0.15, -0.1) is 0 Å². The molecular weight excluding hydrogens is 491 g/mol. The summed E-state index contributed by atoms with van der Waals surface area (Å²) in [7, 11) is 1.53. The molecule has 0 heterocycles. The third-order valence-corrected chi connectivity index (χ3v) is 9.18. The summed E-state index contributed by atoms with van der Waals surface area (Å²) < 4.78 is 43.1. The maximum absolute atomic E-state index is 12.6. The summed E-state index contributed by atoms with van der Waals surface area (Å²) in [4.78, 5) is 5.81. The van der Waals surface area contributed by atoms with Gasteiger partial charge in [-0.3, -0.25) is 0 Å². The molecule has 3 aliphatic carbocycles. The number of methoxy groups -OCH3 is 1. The molecule has 5 atom stereocenters. The van der Waals surface area contributed by atoms with Gasteiger partial charge < -0.3 is 19.8 Å². The van der Waals surface area contributed by atoms with Crippen LogP contribution in [0.25, 0.3) is 0 Å². The first-order chi connectivity index (χ1) is 17.1. The third-order valence-electron chi connectivity index (χ3n) is 8.44. The average Bonchev–Trinajstić information content (AvgIpc) is 3.13. The summed E-state index contributed by atoms with van der Waals surface area (Å²) in [6, 6.07) is 9.63. The molecule has 0 saturated heterocycles. The number of benzene rings is 2. The van der Waals surface area contributed by atoms with Crippen LogP contribution >= 0.6 is 11.8 Å². The number of rotatable bonds is 5. The fourth-order valence-corrected chi connectivity index (χ4v) is 7.17. The molecule has 3 aliphatic rings. The quantitative estimate of drug-likeness (QED) is 0.342. The summed E-state index contributed by atoms with van der Waals surface area (Å²) >= 11 is -0.150. The van der Waals surface area contributed by atoms with Gasteiger partial charge in [0.2, 0.25) is 0 Å². The van der Waals surface area contributed by atoms with Crippen molar-refractivity contribution in [2.45, 2.75) is 68.1 Å². The lowest BCUT2D eigenvalue weighted by molar-refractivity contribution is -0.0328. The van der Waals surface area contributed by atoms with Crippen molar-refractivity contribution in [2.75, 3.05) is 7.11 Å². The number of nitrogens with zero attached hydrogens (tertiary/aromatic N) is 1. The minimum atomic E-state index is -4.32. The number of halogens is 3. The average molecular weight is 522 g/mol. The molecule has 2 aromatic rings. The van der Waals surface area contributed by atoms with E-state index in [2.05, 4.69) is 12.1 Å². The fraction of sp³-hybridized carbons (Fsp3) is 0.519. The highest BCUT2D eigenvalue weighted by atomic mass is 32.2. The van der Waals surface area contributed by atoms with Crippen LogP contribution in [0.1, 0.15) is 61.6 Å². The predicted molar refractivity (Wildman–Crippen MR) is 131 cm³/mol. The molecule has 0 unspecified atom stereocenters. The van der Waals surface area contributed by atoms with Crippen LogP contribution in [-0.2, 0) is 11.4 Å². The molecule has 9 heteroatoms. The predicted octanol–water partition coefficient (Wildman–Crippen LogP) is 6.61. The van der Waals surface area contributed by atoms with Crippen LogP contribution in [-0.4, -0.2) is 34.6 Å². The number of phenols is 1. The maximum atomic E-state index is 12.6. The highest BCUT2D eigenvalue weighted by Crippen LogP contribution is 2.61. The Morgan fingerprint density at radius 2 is 1.89 bits per heavy atom. The van der Waals surface area contributed by atoms with Gasteiger partial charge in [0.15, 0.2) is 11.5 Å². The molecule has 5 nitrogen and oxygen atoms in total. The zero-order chi connectivity index (χ0) is 25.7. The molecule has 2 saturated carbocycles. The van der Waals surface area contributed by atoms with Gasteiger partial charge >= 0.3 is 5.51 Å². The molecule has 0 spiro atoms. The number of thioether (sulfide) groups is 1. The Kier molecular flexibility index (Phi) is 6.66. The van der Waals surface area contributed by atoms with Crippen LogP contribution in [0.15, 0.2) is 46.4 Å².